The molecule has 0 aliphatic carbocycles. The van der Waals surface area contributed by atoms with E-state index in [0.717, 1.165) is 31.2 Å². The van der Waals surface area contributed by atoms with Gasteiger partial charge in [0.15, 0.2) is 0 Å². The molecule has 0 spiro atoms. The van der Waals surface area contributed by atoms with E-state index in [4.69, 9.17) is 9.15 Å². The molecule has 0 aromatic carbocycles. The highest BCUT2D eigenvalue weighted by Crippen LogP contribution is 2.34. The van der Waals surface area contributed by atoms with E-state index in [1.54, 1.807) is 0 Å². The molecular formula is C14H23NO2. The van der Waals surface area contributed by atoms with E-state index >= 15 is 0 Å². The Morgan fingerprint density at radius 1 is 1.24 bits per heavy atom. The fourth-order valence-corrected chi connectivity index (χ4v) is 2.91. The Morgan fingerprint density at radius 3 is 2.47 bits per heavy atom. The molecule has 2 heterocycles. The van der Waals surface area contributed by atoms with Crippen LogP contribution in [-0.2, 0) is 4.74 Å². The van der Waals surface area contributed by atoms with Crippen LogP contribution in [0.4, 0.5) is 0 Å². The minimum atomic E-state index is 0.354. The molecule has 0 radical (unpaired) electrons. The molecule has 96 valence electrons. The summed E-state index contributed by atoms with van der Waals surface area (Å²) in [6, 6.07) is 0.354. The van der Waals surface area contributed by atoms with Gasteiger partial charge in [-0.2, -0.15) is 0 Å². The number of furan rings is 1. The van der Waals surface area contributed by atoms with Crippen molar-refractivity contribution in [1.82, 2.24) is 5.32 Å². The molecule has 3 nitrogen and oxygen atoms in total. The maximum atomic E-state index is 5.74. The first kappa shape index (κ1) is 12.7. The van der Waals surface area contributed by atoms with Crippen LogP contribution in [0, 0.1) is 26.7 Å². The third-order valence-corrected chi connectivity index (χ3v) is 3.91. The van der Waals surface area contributed by atoms with Crippen LogP contribution in [0.25, 0.3) is 0 Å². The minimum absolute atomic E-state index is 0.354. The predicted molar refractivity (Wildman–Crippen MR) is 68.3 cm³/mol. The van der Waals surface area contributed by atoms with Crippen molar-refractivity contribution in [2.75, 3.05) is 20.3 Å². The average molecular weight is 237 g/mol. The molecule has 2 atom stereocenters. The van der Waals surface area contributed by atoms with Gasteiger partial charge in [0.05, 0.1) is 6.61 Å². The number of ether oxygens (including phenoxy) is 1. The lowest BCUT2D eigenvalue weighted by molar-refractivity contribution is 0.0399. The van der Waals surface area contributed by atoms with Crippen LogP contribution in [0.15, 0.2) is 4.42 Å². The molecule has 3 heteroatoms. The molecule has 0 amide bonds. The zero-order valence-electron chi connectivity index (χ0n) is 11.3. The molecule has 17 heavy (non-hydrogen) atoms. The van der Waals surface area contributed by atoms with Gasteiger partial charge in [0, 0.05) is 24.1 Å². The molecular weight excluding hydrogens is 214 g/mol. The second kappa shape index (κ2) is 5.23. The summed E-state index contributed by atoms with van der Waals surface area (Å²) in [5.74, 6) is 2.64. The molecule has 1 saturated heterocycles. The fraction of sp³-hybridized carbons (Fsp3) is 0.714. The Morgan fingerprint density at radius 2 is 2.00 bits per heavy atom. The molecule has 1 aliphatic rings. The third-order valence-electron chi connectivity index (χ3n) is 3.91. The first-order valence-electron chi connectivity index (χ1n) is 6.46. The van der Waals surface area contributed by atoms with Gasteiger partial charge in [0.25, 0.3) is 0 Å². The van der Waals surface area contributed by atoms with E-state index in [0.29, 0.717) is 12.0 Å². The first-order chi connectivity index (χ1) is 8.15. The van der Waals surface area contributed by atoms with Crippen molar-refractivity contribution in [3.8, 4) is 0 Å². The lowest BCUT2D eigenvalue weighted by atomic mass is 9.87. The second-order valence-electron chi connectivity index (χ2n) is 5.00. The van der Waals surface area contributed by atoms with Gasteiger partial charge in [0.2, 0.25) is 0 Å². The van der Waals surface area contributed by atoms with E-state index < -0.39 is 0 Å². The molecule has 1 N–H and O–H groups in total. The molecule has 1 aromatic heterocycles. The third kappa shape index (κ3) is 2.40. The Balaban J connectivity index is 2.27. The standard InChI is InChI=1S/C14H23NO2/c1-9-10(2)17-11(3)13(9)14(15-4)12-6-5-7-16-8-12/h12,14-15H,5-8H2,1-4H3. The number of nitrogens with one attached hydrogen (secondary N) is 1. The van der Waals surface area contributed by atoms with Gasteiger partial charge < -0.3 is 14.5 Å². The Kier molecular flexibility index (Phi) is 3.89. The van der Waals surface area contributed by atoms with Crippen LogP contribution in [0.3, 0.4) is 0 Å². The summed E-state index contributed by atoms with van der Waals surface area (Å²) in [7, 11) is 2.03. The van der Waals surface area contributed by atoms with Gasteiger partial charge in [-0.15, -0.1) is 0 Å². The van der Waals surface area contributed by atoms with Crippen molar-refractivity contribution in [2.24, 2.45) is 5.92 Å². The highest BCUT2D eigenvalue weighted by atomic mass is 16.5. The van der Waals surface area contributed by atoms with Crippen LogP contribution in [-0.4, -0.2) is 20.3 Å². The highest BCUT2D eigenvalue weighted by Gasteiger charge is 2.28. The van der Waals surface area contributed by atoms with E-state index in [-0.39, 0.29) is 0 Å². The predicted octanol–water partition coefficient (Wildman–Crippen LogP) is 2.89. The summed E-state index contributed by atoms with van der Waals surface area (Å²) in [4.78, 5) is 0. The van der Waals surface area contributed by atoms with Gasteiger partial charge in [0.1, 0.15) is 11.5 Å². The van der Waals surface area contributed by atoms with Crippen LogP contribution in [0.5, 0.6) is 0 Å². The molecule has 1 aliphatic heterocycles. The molecule has 1 fully saturated rings. The summed E-state index contributed by atoms with van der Waals surface area (Å²) < 4.78 is 11.3. The zero-order chi connectivity index (χ0) is 12.4. The maximum absolute atomic E-state index is 5.74. The monoisotopic (exact) mass is 237 g/mol. The minimum Gasteiger partial charge on any atom is -0.466 e. The number of hydrogen-bond donors (Lipinski definition) is 1. The van der Waals surface area contributed by atoms with Gasteiger partial charge in [-0.1, -0.05) is 0 Å². The largest absolute Gasteiger partial charge is 0.466 e. The van der Waals surface area contributed by atoms with Crippen LogP contribution >= 0.6 is 0 Å². The summed E-state index contributed by atoms with van der Waals surface area (Å²) in [5, 5.41) is 3.44. The molecule has 1 aromatic rings. The SMILES string of the molecule is CNC(c1c(C)oc(C)c1C)C1CCCOC1. The molecule has 0 saturated carbocycles. The van der Waals surface area contributed by atoms with Crippen molar-refractivity contribution < 1.29 is 9.15 Å². The highest BCUT2D eigenvalue weighted by molar-refractivity contribution is 5.34. The Hall–Kier alpha value is -0.800. The second-order valence-corrected chi connectivity index (χ2v) is 5.00. The van der Waals surface area contributed by atoms with E-state index in [9.17, 15) is 0 Å². The van der Waals surface area contributed by atoms with Crippen molar-refractivity contribution in [3.63, 3.8) is 0 Å². The summed E-state index contributed by atoms with van der Waals surface area (Å²) >= 11 is 0. The van der Waals surface area contributed by atoms with E-state index in [1.165, 1.54) is 17.5 Å². The lowest BCUT2D eigenvalue weighted by Gasteiger charge is -2.30. The van der Waals surface area contributed by atoms with Crippen molar-refractivity contribution in [3.05, 3.63) is 22.6 Å². The molecule has 2 unspecified atom stereocenters. The average Bonchev–Trinajstić information content (AvgIpc) is 2.58. The van der Waals surface area contributed by atoms with Gasteiger partial charge >= 0.3 is 0 Å². The van der Waals surface area contributed by atoms with Crippen LogP contribution < -0.4 is 5.32 Å². The Labute approximate surface area is 104 Å². The quantitative estimate of drug-likeness (QED) is 0.877. The molecule has 0 bridgehead atoms. The Bertz CT molecular complexity index is 378. The van der Waals surface area contributed by atoms with E-state index in [1.807, 2.05) is 14.0 Å². The van der Waals surface area contributed by atoms with Crippen LogP contribution in [0.1, 0.15) is 41.5 Å². The summed E-state index contributed by atoms with van der Waals surface area (Å²) in [6.07, 6.45) is 2.40. The summed E-state index contributed by atoms with van der Waals surface area (Å²) in [6.45, 7) is 8.01. The number of aryl methyl sites for hydroxylation is 2. The smallest absolute Gasteiger partial charge is 0.106 e. The van der Waals surface area contributed by atoms with Gasteiger partial charge in [-0.25, -0.2) is 0 Å². The first-order valence-corrected chi connectivity index (χ1v) is 6.46. The lowest BCUT2D eigenvalue weighted by Crippen LogP contribution is -2.32. The number of hydrogen-bond acceptors (Lipinski definition) is 3. The summed E-state index contributed by atoms with van der Waals surface area (Å²) in [5.41, 5.74) is 2.62. The van der Waals surface area contributed by atoms with Gasteiger partial charge in [-0.05, 0) is 46.2 Å². The van der Waals surface area contributed by atoms with Crippen molar-refractivity contribution in [2.45, 2.75) is 39.7 Å². The zero-order valence-corrected chi connectivity index (χ0v) is 11.3. The molecule has 2 rings (SSSR count). The fourth-order valence-electron chi connectivity index (χ4n) is 2.91. The maximum Gasteiger partial charge on any atom is 0.106 e. The van der Waals surface area contributed by atoms with Crippen LogP contribution in [0.2, 0.25) is 0 Å². The normalized spacial score (nSPS) is 22.7. The number of rotatable bonds is 3. The van der Waals surface area contributed by atoms with Gasteiger partial charge in [-0.3, -0.25) is 0 Å². The van der Waals surface area contributed by atoms with Crippen molar-refractivity contribution >= 4 is 0 Å². The van der Waals surface area contributed by atoms with E-state index in [2.05, 4.69) is 19.2 Å². The topological polar surface area (TPSA) is 34.4 Å². The van der Waals surface area contributed by atoms with Crippen molar-refractivity contribution in [1.29, 1.82) is 0 Å².